The maximum absolute atomic E-state index is 14.3. The Morgan fingerprint density at radius 3 is 2.32 bits per heavy atom. The number of anilines is 2. The fraction of sp³-hybridized carbons (Fsp3) is 0.480. The lowest BCUT2D eigenvalue weighted by Gasteiger charge is -2.34. The Balaban J connectivity index is 1.77. The van der Waals surface area contributed by atoms with Gasteiger partial charge in [-0.25, -0.2) is 4.98 Å². The van der Waals surface area contributed by atoms with E-state index < -0.39 is 12.2 Å². The van der Waals surface area contributed by atoms with Gasteiger partial charge in [-0.15, -0.1) is 0 Å². The molecule has 1 aliphatic heterocycles. The molecule has 0 radical (unpaired) electrons. The van der Waals surface area contributed by atoms with Gasteiger partial charge in [0.25, 0.3) is 0 Å². The molecule has 1 amide bonds. The van der Waals surface area contributed by atoms with Crippen LogP contribution in [0.2, 0.25) is 0 Å². The third-order valence-corrected chi connectivity index (χ3v) is 6.36. The number of carbonyl (C=O) groups excluding carboxylic acids is 1. The molecule has 1 saturated heterocycles. The zero-order valence-electron chi connectivity index (χ0n) is 21.2. The first-order chi connectivity index (χ1) is 17.5. The molecule has 4 rings (SSSR count). The number of hydrogen-bond donors (Lipinski definition) is 2. The lowest BCUT2D eigenvalue weighted by molar-refractivity contribution is -0.144. The van der Waals surface area contributed by atoms with Crippen molar-refractivity contribution in [3.8, 4) is 11.6 Å². The van der Waals surface area contributed by atoms with Crippen molar-refractivity contribution in [2.24, 2.45) is 0 Å². The van der Waals surface area contributed by atoms with E-state index in [9.17, 15) is 23.1 Å². The molecule has 1 aromatic carbocycles. The summed E-state index contributed by atoms with van der Waals surface area (Å²) in [6, 6.07) is 3.51. The average molecular weight is 521 g/mol. The molecular weight excluding hydrogens is 489 g/mol. The highest BCUT2D eigenvalue weighted by Gasteiger charge is 2.42. The van der Waals surface area contributed by atoms with Crippen LogP contribution in [0.3, 0.4) is 0 Å². The number of aromatic hydroxyl groups is 1. The van der Waals surface area contributed by atoms with Crippen LogP contribution in [0.4, 0.5) is 24.9 Å². The van der Waals surface area contributed by atoms with Gasteiger partial charge in [-0.2, -0.15) is 18.2 Å². The molecule has 2 aromatic heterocycles. The van der Waals surface area contributed by atoms with E-state index >= 15 is 0 Å². The fourth-order valence-corrected chi connectivity index (χ4v) is 4.35. The zero-order chi connectivity index (χ0) is 26.9. The number of nitrogens with one attached hydrogen (secondary N) is 1. The van der Waals surface area contributed by atoms with Crippen LogP contribution in [-0.4, -0.2) is 69.4 Å². The van der Waals surface area contributed by atoms with E-state index in [-0.39, 0.29) is 46.1 Å². The van der Waals surface area contributed by atoms with E-state index in [0.717, 1.165) is 0 Å². The number of rotatable bonds is 7. The fourth-order valence-electron chi connectivity index (χ4n) is 4.35. The number of carbonyl (C=O) groups is 1. The second kappa shape index (κ2) is 10.3. The largest absolute Gasteiger partial charge is 0.494 e. The number of piperazine rings is 1. The SMILES string of the molecule is CCOc1ccc([C@H](Nc2nc(N3CCN(C(C)=O)CC3)nc3c(O)n(C(C)C)cc23)C(F)(F)F)cc1. The van der Waals surface area contributed by atoms with Crippen LogP contribution in [0.25, 0.3) is 10.9 Å². The Bertz CT molecular complexity index is 1250. The highest BCUT2D eigenvalue weighted by Crippen LogP contribution is 2.40. The second-order valence-corrected chi connectivity index (χ2v) is 9.20. The number of alkyl halides is 3. The first-order valence-electron chi connectivity index (χ1n) is 12.2. The van der Waals surface area contributed by atoms with E-state index in [1.807, 2.05) is 13.8 Å². The van der Waals surface area contributed by atoms with E-state index in [1.54, 1.807) is 27.5 Å². The number of halogens is 3. The second-order valence-electron chi connectivity index (χ2n) is 9.20. The van der Waals surface area contributed by atoms with Crippen LogP contribution < -0.4 is 15.0 Å². The maximum atomic E-state index is 14.3. The molecule has 0 aliphatic carbocycles. The predicted octanol–water partition coefficient (Wildman–Crippen LogP) is 4.50. The topological polar surface area (TPSA) is 95.8 Å². The number of fused-ring (bicyclic) bond motifs is 1. The number of hydrogen-bond acceptors (Lipinski definition) is 7. The van der Waals surface area contributed by atoms with Crippen molar-refractivity contribution in [2.45, 2.75) is 46.0 Å². The molecule has 3 heterocycles. The lowest BCUT2D eigenvalue weighted by atomic mass is 10.1. The Hall–Kier alpha value is -3.70. The normalized spacial score (nSPS) is 15.4. The quantitative estimate of drug-likeness (QED) is 0.474. The monoisotopic (exact) mass is 520 g/mol. The molecule has 9 nitrogen and oxygen atoms in total. The summed E-state index contributed by atoms with van der Waals surface area (Å²) in [4.78, 5) is 24.2. The Morgan fingerprint density at radius 1 is 1.14 bits per heavy atom. The first-order valence-corrected chi connectivity index (χ1v) is 12.2. The van der Waals surface area contributed by atoms with E-state index in [1.165, 1.54) is 31.2 Å². The van der Waals surface area contributed by atoms with Crippen molar-refractivity contribution in [3.05, 3.63) is 36.0 Å². The van der Waals surface area contributed by atoms with Crippen molar-refractivity contribution in [1.82, 2.24) is 19.4 Å². The van der Waals surface area contributed by atoms with E-state index in [4.69, 9.17) is 4.74 Å². The summed E-state index contributed by atoms with van der Waals surface area (Å²) in [7, 11) is 0. The van der Waals surface area contributed by atoms with Crippen LogP contribution in [0.1, 0.15) is 45.3 Å². The maximum Gasteiger partial charge on any atom is 0.412 e. The standard InChI is InChI=1S/C25H31F3N6O3/c1-5-37-18-8-6-17(7-9-18)21(25(26,27)28)30-22-19-14-34(15(2)3)23(36)20(19)29-24(31-22)33-12-10-32(11-13-33)16(4)35/h6-9,14-15,21,36H,5,10-13H2,1-4H3,(H,29,30,31)/t21-/m0/s1. The summed E-state index contributed by atoms with van der Waals surface area (Å²) in [5.74, 6) is 0.419. The van der Waals surface area contributed by atoms with Crippen molar-refractivity contribution in [1.29, 1.82) is 0 Å². The van der Waals surface area contributed by atoms with Crippen molar-refractivity contribution >= 4 is 28.6 Å². The van der Waals surface area contributed by atoms with Crippen LogP contribution in [-0.2, 0) is 4.79 Å². The Labute approximate surface area is 212 Å². The summed E-state index contributed by atoms with van der Waals surface area (Å²) in [5, 5.41) is 13.7. The third-order valence-electron chi connectivity index (χ3n) is 6.36. The van der Waals surface area contributed by atoms with Crippen molar-refractivity contribution < 1.29 is 27.8 Å². The third kappa shape index (κ3) is 5.52. The van der Waals surface area contributed by atoms with Crippen LogP contribution in [0, 0.1) is 0 Å². The number of benzene rings is 1. The predicted molar refractivity (Wildman–Crippen MR) is 134 cm³/mol. The molecule has 1 aliphatic rings. The number of aromatic nitrogens is 3. The summed E-state index contributed by atoms with van der Waals surface area (Å²) in [5.41, 5.74) is 0.148. The lowest BCUT2D eigenvalue weighted by Crippen LogP contribution is -2.48. The van der Waals surface area contributed by atoms with Crippen LogP contribution in [0.5, 0.6) is 11.6 Å². The Kier molecular flexibility index (Phi) is 7.37. The average Bonchev–Trinajstić information content (AvgIpc) is 3.19. The number of nitrogens with zero attached hydrogens (tertiary/aromatic N) is 5. The molecule has 1 atom stereocenters. The van der Waals surface area contributed by atoms with Gasteiger partial charge in [0, 0.05) is 45.3 Å². The summed E-state index contributed by atoms with van der Waals surface area (Å²) in [6.07, 6.45) is -3.08. The smallest absolute Gasteiger partial charge is 0.412 e. The number of amides is 1. The van der Waals surface area contributed by atoms with Gasteiger partial charge in [-0.1, -0.05) is 12.1 Å². The minimum absolute atomic E-state index is 0.00754. The van der Waals surface area contributed by atoms with Gasteiger partial charge >= 0.3 is 6.18 Å². The minimum Gasteiger partial charge on any atom is -0.494 e. The molecule has 0 saturated carbocycles. The number of ether oxygens (including phenoxy) is 1. The minimum atomic E-state index is -4.64. The molecule has 0 unspecified atom stereocenters. The van der Waals surface area contributed by atoms with Crippen LogP contribution >= 0.6 is 0 Å². The van der Waals surface area contributed by atoms with Crippen molar-refractivity contribution in [3.63, 3.8) is 0 Å². The molecule has 200 valence electrons. The van der Waals surface area contributed by atoms with Gasteiger partial charge < -0.3 is 29.5 Å². The molecule has 1 fully saturated rings. The van der Waals surface area contributed by atoms with Gasteiger partial charge in [0.2, 0.25) is 17.7 Å². The zero-order valence-corrected chi connectivity index (χ0v) is 21.2. The van der Waals surface area contributed by atoms with Gasteiger partial charge in [0.15, 0.2) is 0 Å². The summed E-state index contributed by atoms with van der Waals surface area (Å²) >= 11 is 0. The van der Waals surface area contributed by atoms with Crippen LogP contribution in [0.15, 0.2) is 30.5 Å². The summed E-state index contributed by atoms with van der Waals surface area (Å²) < 4.78 is 49.8. The molecule has 12 heteroatoms. The van der Waals surface area contributed by atoms with Gasteiger partial charge in [-0.3, -0.25) is 4.79 Å². The highest BCUT2D eigenvalue weighted by molar-refractivity contribution is 5.94. The van der Waals surface area contributed by atoms with Crippen molar-refractivity contribution in [2.75, 3.05) is 43.0 Å². The van der Waals surface area contributed by atoms with E-state index in [2.05, 4.69) is 15.3 Å². The Morgan fingerprint density at radius 2 is 1.78 bits per heavy atom. The first kappa shape index (κ1) is 26.4. The molecule has 0 bridgehead atoms. The van der Waals surface area contributed by atoms with Gasteiger partial charge in [-0.05, 0) is 38.5 Å². The molecule has 2 N–H and O–H groups in total. The van der Waals surface area contributed by atoms with E-state index in [0.29, 0.717) is 38.5 Å². The molecule has 3 aromatic rings. The highest BCUT2D eigenvalue weighted by atomic mass is 19.4. The van der Waals surface area contributed by atoms with Gasteiger partial charge in [0.05, 0.1) is 12.0 Å². The molecule has 37 heavy (non-hydrogen) atoms. The molecule has 0 spiro atoms. The van der Waals surface area contributed by atoms with Gasteiger partial charge in [0.1, 0.15) is 23.1 Å². The summed E-state index contributed by atoms with van der Waals surface area (Å²) in [6.45, 7) is 9.09. The molecular formula is C25H31F3N6O3.